The Kier molecular flexibility index (Phi) is 6.12. The fraction of sp³-hybridized carbons (Fsp3) is 0.462. The van der Waals surface area contributed by atoms with Crippen LogP contribution >= 0.6 is 11.6 Å². The van der Waals surface area contributed by atoms with E-state index in [0.29, 0.717) is 18.2 Å². The molecule has 0 bridgehead atoms. The van der Waals surface area contributed by atoms with Gasteiger partial charge in [0.1, 0.15) is 0 Å². The van der Waals surface area contributed by atoms with E-state index in [2.05, 4.69) is 5.32 Å². The predicted molar refractivity (Wildman–Crippen MR) is 74.3 cm³/mol. The molecule has 0 aliphatic heterocycles. The number of anilines is 1. The van der Waals surface area contributed by atoms with Crippen molar-refractivity contribution in [1.82, 2.24) is 5.32 Å². The number of halogens is 1. The van der Waals surface area contributed by atoms with Crippen LogP contribution in [0.5, 0.6) is 0 Å². The van der Waals surface area contributed by atoms with Crippen LogP contribution in [0, 0.1) is 6.92 Å². The number of hydrogen-bond acceptors (Lipinski definition) is 3. The first-order valence-corrected chi connectivity index (χ1v) is 6.16. The SMILES string of the molecule is COCCNCC(=O)N(C)c1ccc(C)c(Cl)c1. The minimum absolute atomic E-state index is 0.00831. The van der Waals surface area contributed by atoms with Crippen LogP contribution in [0.3, 0.4) is 0 Å². The molecule has 1 aromatic carbocycles. The summed E-state index contributed by atoms with van der Waals surface area (Å²) in [6.45, 7) is 3.46. The zero-order valence-electron chi connectivity index (χ0n) is 11.0. The molecule has 0 spiro atoms. The zero-order chi connectivity index (χ0) is 13.5. The number of ether oxygens (including phenoxy) is 1. The van der Waals surface area contributed by atoms with Gasteiger partial charge in [0.05, 0.1) is 13.2 Å². The molecule has 0 unspecified atom stereocenters. The second-order valence-electron chi connectivity index (χ2n) is 4.06. The Morgan fingerprint density at radius 1 is 1.50 bits per heavy atom. The van der Waals surface area contributed by atoms with Gasteiger partial charge in [-0.25, -0.2) is 0 Å². The molecule has 0 fully saturated rings. The maximum absolute atomic E-state index is 11.9. The molecule has 0 aliphatic rings. The lowest BCUT2D eigenvalue weighted by Crippen LogP contribution is -2.36. The molecule has 0 saturated heterocycles. The lowest BCUT2D eigenvalue weighted by atomic mass is 10.2. The molecule has 1 rings (SSSR count). The minimum Gasteiger partial charge on any atom is -0.383 e. The number of nitrogens with one attached hydrogen (secondary N) is 1. The van der Waals surface area contributed by atoms with Gasteiger partial charge in [-0.15, -0.1) is 0 Å². The zero-order valence-corrected chi connectivity index (χ0v) is 11.8. The molecule has 5 heteroatoms. The van der Waals surface area contributed by atoms with Gasteiger partial charge in [0.25, 0.3) is 0 Å². The first kappa shape index (κ1) is 15.0. The highest BCUT2D eigenvalue weighted by Gasteiger charge is 2.11. The van der Waals surface area contributed by atoms with Crippen LogP contribution in [0.2, 0.25) is 5.02 Å². The van der Waals surface area contributed by atoms with Crippen molar-refractivity contribution in [2.45, 2.75) is 6.92 Å². The van der Waals surface area contributed by atoms with Crippen molar-refractivity contribution in [1.29, 1.82) is 0 Å². The molecule has 0 radical (unpaired) electrons. The van der Waals surface area contributed by atoms with Crippen molar-refractivity contribution >= 4 is 23.2 Å². The van der Waals surface area contributed by atoms with Gasteiger partial charge >= 0.3 is 0 Å². The first-order chi connectivity index (χ1) is 8.56. The molecule has 18 heavy (non-hydrogen) atoms. The Morgan fingerprint density at radius 2 is 2.22 bits per heavy atom. The van der Waals surface area contributed by atoms with E-state index in [9.17, 15) is 4.79 Å². The van der Waals surface area contributed by atoms with E-state index in [1.807, 2.05) is 19.1 Å². The monoisotopic (exact) mass is 270 g/mol. The molecular formula is C13H19ClN2O2. The van der Waals surface area contributed by atoms with Crippen LogP contribution in [-0.4, -0.2) is 39.8 Å². The number of carbonyl (C=O) groups excluding carboxylic acids is 1. The van der Waals surface area contributed by atoms with Gasteiger partial charge in [-0.3, -0.25) is 4.79 Å². The van der Waals surface area contributed by atoms with Crippen LogP contribution in [0.1, 0.15) is 5.56 Å². The number of aryl methyl sites for hydroxylation is 1. The topological polar surface area (TPSA) is 41.6 Å². The van der Waals surface area contributed by atoms with E-state index in [-0.39, 0.29) is 12.5 Å². The normalized spacial score (nSPS) is 10.4. The Hall–Kier alpha value is -1.10. The van der Waals surface area contributed by atoms with Crippen LogP contribution < -0.4 is 10.2 Å². The summed E-state index contributed by atoms with van der Waals surface area (Å²) in [5, 5.41) is 3.68. The number of amides is 1. The third-order valence-electron chi connectivity index (χ3n) is 2.68. The van der Waals surface area contributed by atoms with Crippen molar-refractivity contribution in [3.05, 3.63) is 28.8 Å². The van der Waals surface area contributed by atoms with Gasteiger partial charge in [-0.05, 0) is 24.6 Å². The standard InChI is InChI=1S/C13H19ClN2O2/c1-10-4-5-11(8-12(10)14)16(2)13(17)9-15-6-7-18-3/h4-5,8,15H,6-7,9H2,1-3H3. The van der Waals surface area contributed by atoms with Crippen molar-refractivity contribution in [3.63, 3.8) is 0 Å². The second-order valence-corrected chi connectivity index (χ2v) is 4.46. The fourth-order valence-electron chi connectivity index (χ4n) is 1.42. The third-order valence-corrected chi connectivity index (χ3v) is 3.08. The van der Waals surface area contributed by atoms with Crippen molar-refractivity contribution in [2.75, 3.05) is 38.8 Å². The summed E-state index contributed by atoms with van der Waals surface area (Å²) in [6, 6.07) is 5.58. The van der Waals surface area contributed by atoms with Crippen molar-refractivity contribution in [3.8, 4) is 0 Å². The Balaban J connectivity index is 2.54. The molecule has 0 saturated carbocycles. The molecule has 1 aromatic rings. The molecule has 0 heterocycles. The molecule has 0 aliphatic carbocycles. The Morgan fingerprint density at radius 3 is 2.83 bits per heavy atom. The number of nitrogens with zero attached hydrogens (tertiary/aromatic N) is 1. The average molecular weight is 271 g/mol. The summed E-state index contributed by atoms with van der Waals surface area (Å²) >= 11 is 6.04. The highest BCUT2D eigenvalue weighted by Crippen LogP contribution is 2.22. The summed E-state index contributed by atoms with van der Waals surface area (Å²) in [6.07, 6.45) is 0. The Labute approximate surface area is 113 Å². The van der Waals surface area contributed by atoms with E-state index in [0.717, 1.165) is 11.3 Å². The third kappa shape index (κ3) is 4.29. The molecule has 4 nitrogen and oxygen atoms in total. The number of methoxy groups -OCH3 is 1. The highest BCUT2D eigenvalue weighted by molar-refractivity contribution is 6.31. The number of rotatable bonds is 6. The van der Waals surface area contributed by atoms with Crippen LogP contribution in [0.4, 0.5) is 5.69 Å². The molecule has 1 amide bonds. The molecule has 0 aromatic heterocycles. The average Bonchev–Trinajstić information content (AvgIpc) is 2.37. The van der Waals surface area contributed by atoms with E-state index in [4.69, 9.17) is 16.3 Å². The lowest BCUT2D eigenvalue weighted by Gasteiger charge is -2.18. The lowest BCUT2D eigenvalue weighted by molar-refractivity contribution is -0.117. The molecule has 1 N–H and O–H groups in total. The number of likely N-dealkylation sites (N-methyl/N-ethyl adjacent to an activating group) is 1. The van der Waals surface area contributed by atoms with E-state index in [1.54, 1.807) is 25.1 Å². The maximum atomic E-state index is 11.9. The van der Waals surface area contributed by atoms with Gasteiger partial charge < -0.3 is 15.0 Å². The second kappa shape index (κ2) is 7.36. The summed E-state index contributed by atoms with van der Waals surface area (Å²) in [7, 11) is 3.37. The summed E-state index contributed by atoms with van der Waals surface area (Å²) in [5.41, 5.74) is 1.80. The highest BCUT2D eigenvalue weighted by atomic mass is 35.5. The molecule has 0 atom stereocenters. The van der Waals surface area contributed by atoms with E-state index in [1.165, 1.54) is 0 Å². The van der Waals surface area contributed by atoms with Gasteiger partial charge in [0.2, 0.25) is 5.91 Å². The van der Waals surface area contributed by atoms with Gasteiger partial charge in [-0.1, -0.05) is 17.7 Å². The Bertz CT molecular complexity index is 410. The molecular weight excluding hydrogens is 252 g/mol. The fourth-order valence-corrected chi connectivity index (χ4v) is 1.60. The maximum Gasteiger partial charge on any atom is 0.240 e. The van der Waals surface area contributed by atoms with Gasteiger partial charge in [-0.2, -0.15) is 0 Å². The molecule has 100 valence electrons. The summed E-state index contributed by atoms with van der Waals surface area (Å²) in [4.78, 5) is 13.5. The van der Waals surface area contributed by atoms with Crippen LogP contribution in [0.25, 0.3) is 0 Å². The number of carbonyl (C=O) groups is 1. The first-order valence-electron chi connectivity index (χ1n) is 5.78. The predicted octanol–water partition coefficient (Wildman–Crippen LogP) is 1.85. The van der Waals surface area contributed by atoms with Gasteiger partial charge in [0, 0.05) is 31.4 Å². The van der Waals surface area contributed by atoms with E-state index >= 15 is 0 Å². The van der Waals surface area contributed by atoms with Crippen molar-refractivity contribution in [2.24, 2.45) is 0 Å². The van der Waals surface area contributed by atoms with Crippen molar-refractivity contribution < 1.29 is 9.53 Å². The number of benzene rings is 1. The minimum atomic E-state index is -0.00831. The van der Waals surface area contributed by atoms with Crippen LogP contribution in [0.15, 0.2) is 18.2 Å². The van der Waals surface area contributed by atoms with E-state index < -0.39 is 0 Å². The smallest absolute Gasteiger partial charge is 0.240 e. The van der Waals surface area contributed by atoms with Gasteiger partial charge in [0.15, 0.2) is 0 Å². The largest absolute Gasteiger partial charge is 0.383 e. The summed E-state index contributed by atoms with van der Waals surface area (Å²) < 4.78 is 4.89. The quantitative estimate of drug-likeness (QED) is 0.802. The van der Waals surface area contributed by atoms with Crippen LogP contribution in [-0.2, 0) is 9.53 Å². The number of hydrogen-bond donors (Lipinski definition) is 1. The summed E-state index contributed by atoms with van der Waals surface area (Å²) in [5.74, 6) is -0.00831.